The van der Waals surface area contributed by atoms with E-state index in [1.54, 1.807) is 0 Å². The Morgan fingerprint density at radius 1 is 0.288 bits per heavy atom. The fourth-order valence-electron chi connectivity index (χ4n) is 9.15. The van der Waals surface area contributed by atoms with E-state index >= 15 is 0 Å². The Morgan fingerprint density at radius 3 is 1.22 bits per heavy atom. The second kappa shape index (κ2) is 13.4. The lowest BCUT2D eigenvalue weighted by Gasteiger charge is -2.28. The summed E-state index contributed by atoms with van der Waals surface area (Å²) in [5, 5.41) is 9.27. The van der Waals surface area contributed by atoms with Crippen LogP contribution in [0.4, 0.5) is 17.1 Å². The van der Waals surface area contributed by atoms with Crippen molar-refractivity contribution in [1.29, 1.82) is 0 Å². The van der Waals surface area contributed by atoms with Crippen LogP contribution in [-0.4, -0.2) is 0 Å². The van der Waals surface area contributed by atoms with Crippen molar-refractivity contribution in [1.82, 2.24) is 0 Å². The highest BCUT2D eigenvalue weighted by Crippen LogP contribution is 2.45. The molecule has 0 saturated heterocycles. The third kappa shape index (κ3) is 5.44. The maximum atomic E-state index is 6.38. The van der Waals surface area contributed by atoms with Crippen molar-refractivity contribution in [3.05, 3.63) is 212 Å². The third-order valence-corrected chi connectivity index (χ3v) is 11.8. The van der Waals surface area contributed by atoms with Gasteiger partial charge >= 0.3 is 0 Å². The van der Waals surface area contributed by atoms with Gasteiger partial charge in [0.1, 0.15) is 22.3 Å². The molecular weight excluding hydrogens is 719 g/mol. The predicted molar refractivity (Wildman–Crippen MR) is 247 cm³/mol. The van der Waals surface area contributed by atoms with Crippen molar-refractivity contribution in [2.45, 2.75) is 0 Å². The Balaban J connectivity index is 1.07. The van der Waals surface area contributed by atoms with Gasteiger partial charge in [0.2, 0.25) is 0 Å². The van der Waals surface area contributed by atoms with E-state index in [9.17, 15) is 0 Å². The molecule has 59 heavy (non-hydrogen) atoms. The molecule has 2 aromatic heterocycles. The summed E-state index contributed by atoms with van der Waals surface area (Å²) in [6.45, 7) is 0. The summed E-state index contributed by atoms with van der Waals surface area (Å²) in [6.07, 6.45) is 0. The monoisotopic (exact) mass is 753 g/mol. The highest BCUT2D eigenvalue weighted by atomic mass is 16.3. The molecule has 0 amide bonds. The molecule has 0 unspecified atom stereocenters. The van der Waals surface area contributed by atoms with Crippen LogP contribution in [0.1, 0.15) is 0 Å². The number of anilines is 3. The lowest BCUT2D eigenvalue weighted by molar-refractivity contribution is 0.668. The number of hydrogen-bond acceptors (Lipinski definition) is 3. The largest absolute Gasteiger partial charge is 0.456 e. The maximum Gasteiger partial charge on any atom is 0.136 e. The van der Waals surface area contributed by atoms with Crippen LogP contribution in [0.3, 0.4) is 0 Å². The van der Waals surface area contributed by atoms with Gasteiger partial charge < -0.3 is 13.7 Å². The predicted octanol–water partition coefficient (Wildman–Crippen LogP) is 16.3. The van der Waals surface area contributed by atoms with E-state index in [0.29, 0.717) is 0 Å². The number of benzene rings is 10. The van der Waals surface area contributed by atoms with Gasteiger partial charge in [-0.3, -0.25) is 0 Å². The van der Waals surface area contributed by atoms with Gasteiger partial charge in [0, 0.05) is 38.0 Å². The average Bonchev–Trinajstić information content (AvgIpc) is 3.88. The van der Waals surface area contributed by atoms with Crippen molar-refractivity contribution in [3.63, 3.8) is 0 Å². The third-order valence-electron chi connectivity index (χ3n) is 11.8. The Labute approximate surface area is 340 Å². The summed E-state index contributed by atoms with van der Waals surface area (Å²) >= 11 is 0. The molecule has 12 aromatic rings. The van der Waals surface area contributed by atoms with Crippen LogP contribution in [0.25, 0.3) is 98.8 Å². The fourth-order valence-corrected chi connectivity index (χ4v) is 9.15. The first-order chi connectivity index (χ1) is 29.2. The van der Waals surface area contributed by atoms with Gasteiger partial charge in [0.15, 0.2) is 0 Å². The minimum atomic E-state index is 0.880. The lowest BCUT2D eigenvalue weighted by atomic mass is 9.90. The molecule has 0 spiro atoms. The van der Waals surface area contributed by atoms with Crippen LogP contribution in [-0.2, 0) is 0 Å². The standard InChI is InChI=1S/C56H35NO2/c1-3-17-43-37(13-1)15-9-23-49(43)57(50-24-10-16-38-14-2-4-18-44(38)50)42-31-29-36(30-32-42)39-33-40(45-21-11-27-53-55(45)47-19-5-7-25-51(47)58-53)35-41(34-39)46-22-12-28-54-56(46)48-20-6-8-26-52(48)59-54/h1-35H. The summed E-state index contributed by atoms with van der Waals surface area (Å²) in [5.41, 5.74) is 13.7. The fraction of sp³-hybridized carbons (Fsp3) is 0. The summed E-state index contributed by atoms with van der Waals surface area (Å²) in [7, 11) is 0. The molecule has 276 valence electrons. The molecule has 0 N–H and O–H groups in total. The van der Waals surface area contributed by atoms with E-state index in [4.69, 9.17) is 8.83 Å². The molecule has 3 nitrogen and oxygen atoms in total. The summed E-state index contributed by atoms with van der Waals surface area (Å²) in [6, 6.07) is 75.9. The topological polar surface area (TPSA) is 29.5 Å². The highest BCUT2D eigenvalue weighted by Gasteiger charge is 2.20. The maximum absolute atomic E-state index is 6.38. The second-order valence-corrected chi connectivity index (χ2v) is 15.2. The van der Waals surface area contributed by atoms with Gasteiger partial charge in [-0.2, -0.15) is 0 Å². The SMILES string of the molecule is c1ccc2c(N(c3ccc(-c4cc(-c5cccc6oc7ccccc7c56)cc(-c5cccc6oc7ccccc7c56)c4)cc3)c3cccc4ccccc34)cccc2c1. The smallest absolute Gasteiger partial charge is 0.136 e. The molecule has 0 bridgehead atoms. The Bertz CT molecular complexity index is 3350. The lowest BCUT2D eigenvalue weighted by Crippen LogP contribution is -2.11. The zero-order valence-electron chi connectivity index (χ0n) is 32.0. The average molecular weight is 754 g/mol. The van der Waals surface area contributed by atoms with Crippen molar-refractivity contribution < 1.29 is 8.83 Å². The number of para-hydroxylation sites is 2. The van der Waals surface area contributed by atoms with Crippen molar-refractivity contribution in [2.75, 3.05) is 4.90 Å². The van der Waals surface area contributed by atoms with Gasteiger partial charge in [-0.05, 0) is 111 Å². The number of furan rings is 2. The molecule has 0 radical (unpaired) electrons. The Morgan fingerprint density at radius 2 is 0.695 bits per heavy atom. The van der Waals surface area contributed by atoms with E-state index in [2.05, 4.69) is 193 Å². The van der Waals surface area contributed by atoms with Gasteiger partial charge in [-0.25, -0.2) is 0 Å². The molecule has 10 aromatic carbocycles. The van der Waals surface area contributed by atoms with E-state index in [1.807, 2.05) is 24.3 Å². The van der Waals surface area contributed by atoms with Gasteiger partial charge in [0.25, 0.3) is 0 Å². The molecule has 0 aliphatic rings. The highest BCUT2D eigenvalue weighted by molar-refractivity contribution is 6.15. The number of rotatable bonds is 6. The summed E-state index contributed by atoms with van der Waals surface area (Å²) < 4.78 is 12.8. The van der Waals surface area contributed by atoms with Crippen LogP contribution < -0.4 is 4.90 Å². The van der Waals surface area contributed by atoms with Crippen LogP contribution in [0.5, 0.6) is 0 Å². The molecule has 2 heterocycles. The van der Waals surface area contributed by atoms with E-state index in [-0.39, 0.29) is 0 Å². The number of fused-ring (bicyclic) bond motifs is 8. The van der Waals surface area contributed by atoms with Gasteiger partial charge in [0.05, 0.1) is 11.4 Å². The van der Waals surface area contributed by atoms with Crippen molar-refractivity contribution >= 4 is 82.5 Å². The van der Waals surface area contributed by atoms with Crippen LogP contribution in [0.2, 0.25) is 0 Å². The van der Waals surface area contributed by atoms with Crippen LogP contribution in [0, 0.1) is 0 Å². The normalized spacial score (nSPS) is 11.7. The molecule has 0 fully saturated rings. The van der Waals surface area contributed by atoms with Crippen LogP contribution >= 0.6 is 0 Å². The second-order valence-electron chi connectivity index (χ2n) is 15.2. The number of nitrogens with zero attached hydrogens (tertiary/aromatic N) is 1. The first kappa shape index (κ1) is 33.3. The van der Waals surface area contributed by atoms with E-state index in [0.717, 1.165) is 94.3 Å². The molecule has 12 rings (SSSR count). The van der Waals surface area contributed by atoms with Crippen LogP contribution in [0.15, 0.2) is 221 Å². The van der Waals surface area contributed by atoms with E-state index in [1.165, 1.54) is 21.5 Å². The van der Waals surface area contributed by atoms with Crippen molar-refractivity contribution in [2.24, 2.45) is 0 Å². The molecule has 0 aliphatic carbocycles. The zero-order chi connectivity index (χ0) is 38.9. The van der Waals surface area contributed by atoms with Crippen molar-refractivity contribution in [3.8, 4) is 33.4 Å². The Kier molecular flexibility index (Phi) is 7.54. The quantitative estimate of drug-likeness (QED) is 0.169. The van der Waals surface area contributed by atoms with E-state index < -0.39 is 0 Å². The molecule has 0 atom stereocenters. The Hall–Kier alpha value is -7.88. The molecular formula is C56H35NO2. The molecule has 0 saturated carbocycles. The minimum Gasteiger partial charge on any atom is -0.456 e. The molecule has 3 heteroatoms. The zero-order valence-corrected chi connectivity index (χ0v) is 32.0. The summed E-state index contributed by atoms with van der Waals surface area (Å²) in [5.74, 6) is 0. The number of hydrogen-bond donors (Lipinski definition) is 0. The first-order valence-electron chi connectivity index (χ1n) is 20.1. The van der Waals surface area contributed by atoms with Gasteiger partial charge in [-0.1, -0.05) is 146 Å². The minimum absolute atomic E-state index is 0.880. The first-order valence-corrected chi connectivity index (χ1v) is 20.1. The van der Waals surface area contributed by atoms with Gasteiger partial charge in [-0.15, -0.1) is 0 Å². The summed E-state index contributed by atoms with van der Waals surface area (Å²) in [4.78, 5) is 2.41. The molecule has 0 aliphatic heterocycles.